The first kappa shape index (κ1) is 24.5. The van der Waals surface area contributed by atoms with Crippen molar-refractivity contribution in [2.45, 2.75) is 6.92 Å². The summed E-state index contributed by atoms with van der Waals surface area (Å²) in [6.45, 7) is 7.03. The van der Waals surface area contributed by atoms with Crippen LogP contribution in [0, 0.1) is 0 Å². The average Bonchev–Trinajstić information content (AvgIpc) is 3.38. The summed E-state index contributed by atoms with van der Waals surface area (Å²) < 4.78 is 5.93. The standard InChI is InChI=1S/C26H28BrN5O4/c1-2-35-22(33)16-32-11-9-31(10-12-32)13-14-36-30-24-18-5-3-4-6-20(18)28-25(24)23-19-15-17(27)7-8-21(19)29-26(23)34/h3-8,15,28H,2,9-14,16H2,1H3,(H,29,34)/b25-23-,30-24+. The van der Waals surface area contributed by atoms with E-state index in [0.29, 0.717) is 36.7 Å². The van der Waals surface area contributed by atoms with E-state index in [0.717, 1.165) is 59.7 Å². The molecule has 0 radical (unpaired) electrons. The van der Waals surface area contributed by atoms with E-state index in [1.807, 2.05) is 49.4 Å². The lowest BCUT2D eigenvalue weighted by Crippen LogP contribution is -2.48. The number of hydrogen-bond donors (Lipinski definition) is 2. The van der Waals surface area contributed by atoms with Crippen molar-refractivity contribution in [1.82, 2.24) is 9.80 Å². The fraction of sp³-hybridized carbons (Fsp3) is 0.346. The van der Waals surface area contributed by atoms with Crippen LogP contribution in [0.25, 0.3) is 5.57 Å². The Morgan fingerprint density at radius 3 is 2.58 bits per heavy atom. The zero-order valence-corrected chi connectivity index (χ0v) is 21.6. The smallest absolute Gasteiger partial charge is 0.320 e. The number of oxime groups is 1. The van der Waals surface area contributed by atoms with Crippen molar-refractivity contribution in [3.05, 3.63) is 63.8 Å². The summed E-state index contributed by atoms with van der Waals surface area (Å²) in [5, 5.41) is 10.8. The average molecular weight is 554 g/mol. The Balaban J connectivity index is 1.27. The first-order valence-electron chi connectivity index (χ1n) is 12.1. The van der Waals surface area contributed by atoms with Crippen molar-refractivity contribution >= 4 is 50.5 Å². The van der Waals surface area contributed by atoms with Gasteiger partial charge in [0.15, 0.2) is 0 Å². The quantitative estimate of drug-likeness (QED) is 0.235. The van der Waals surface area contributed by atoms with Crippen LogP contribution in [0.5, 0.6) is 0 Å². The molecule has 10 heteroatoms. The maximum atomic E-state index is 12.9. The number of esters is 1. The topological polar surface area (TPSA) is 95.5 Å². The molecule has 0 bridgehead atoms. The van der Waals surface area contributed by atoms with Gasteiger partial charge in [0.25, 0.3) is 5.91 Å². The van der Waals surface area contributed by atoms with Crippen LogP contribution in [0.2, 0.25) is 0 Å². The first-order chi connectivity index (χ1) is 17.5. The van der Waals surface area contributed by atoms with Gasteiger partial charge in [-0.15, -0.1) is 0 Å². The van der Waals surface area contributed by atoms with Crippen LogP contribution in [0.4, 0.5) is 11.4 Å². The maximum Gasteiger partial charge on any atom is 0.320 e. The monoisotopic (exact) mass is 553 g/mol. The van der Waals surface area contributed by atoms with Crippen LogP contribution in [-0.2, 0) is 19.2 Å². The lowest BCUT2D eigenvalue weighted by molar-refractivity contribution is -0.144. The lowest BCUT2D eigenvalue weighted by Gasteiger charge is -2.33. The molecule has 0 atom stereocenters. The van der Waals surface area contributed by atoms with Gasteiger partial charge in [0.1, 0.15) is 12.3 Å². The summed E-state index contributed by atoms with van der Waals surface area (Å²) in [6.07, 6.45) is 0. The molecule has 188 valence electrons. The van der Waals surface area contributed by atoms with Crippen molar-refractivity contribution in [2.24, 2.45) is 5.16 Å². The van der Waals surface area contributed by atoms with Crippen molar-refractivity contribution in [1.29, 1.82) is 0 Å². The third kappa shape index (κ3) is 5.16. The van der Waals surface area contributed by atoms with Crippen molar-refractivity contribution in [3.8, 4) is 0 Å². The molecule has 1 saturated heterocycles. The van der Waals surface area contributed by atoms with Crippen molar-refractivity contribution < 1.29 is 19.2 Å². The zero-order chi connectivity index (χ0) is 25.1. The van der Waals surface area contributed by atoms with Gasteiger partial charge < -0.3 is 20.2 Å². The maximum absolute atomic E-state index is 12.9. The van der Waals surface area contributed by atoms with E-state index >= 15 is 0 Å². The number of nitrogens with zero attached hydrogens (tertiary/aromatic N) is 3. The number of allylic oxidation sites excluding steroid dienone is 1. The molecule has 1 fully saturated rings. The number of hydrogen-bond acceptors (Lipinski definition) is 8. The number of anilines is 2. The van der Waals surface area contributed by atoms with E-state index in [4.69, 9.17) is 9.57 Å². The molecule has 0 spiro atoms. The van der Waals surface area contributed by atoms with Gasteiger partial charge in [-0.05, 0) is 31.2 Å². The molecular formula is C26H28BrN5O4. The number of carbonyl (C=O) groups excluding carboxylic acids is 2. The Labute approximate surface area is 218 Å². The number of rotatable bonds is 7. The highest BCUT2D eigenvalue weighted by Gasteiger charge is 2.34. The van der Waals surface area contributed by atoms with Gasteiger partial charge in [0.05, 0.1) is 24.4 Å². The van der Waals surface area contributed by atoms with Crippen LogP contribution in [0.3, 0.4) is 0 Å². The molecule has 3 aliphatic heterocycles. The number of piperazine rings is 1. The number of halogens is 1. The Morgan fingerprint density at radius 2 is 1.78 bits per heavy atom. The predicted molar refractivity (Wildman–Crippen MR) is 142 cm³/mol. The highest BCUT2D eigenvalue weighted by Crippen LogP contribution is 2.40. The van der Waals surface area contributed by atoms with Gasteiger partial charge in [-0.3, -0.25) is 19.4 Å². The second kappa shape index (κ2) is 10.8. The molecule has 0 aliphatic carbocycles. The SMILES string of the molecule is CCOC(=O)CN1CCN(CCO/N=C2/C(=C3/C(=O)Nc4ccc(Br)cc43)Nc3ccccc32)CC1. The largest absolute Gasteiger partial charge is 0.465 e. The molecule has 36 heavy (non-hydrogen) atoms. The summed E-state index contributed by atoms with van der Waals surface area (Å²) in [4.78, 5) is 34.8. The number of carbonyl (C=O) groups is 2. The summed E-state index contributed by atoms with van der Waals surface area (Å²) in [5.74, 6) is -0.349. The molecule has 0 saturated carbocycles. The number of amides is 1. The number of ether oxygens (including phenoxy) is 1. The van der Waals surface area contributed by atoms with Crippen LogP contribution >= 0.6 is 15.9 Å². The van der Waals surface area contributed by atoms with Gasteiger partial charge in [-0.25, -0.2) is 0 Å². The summed E-state index contributed by atoms with van der Waals surface area (Å²) in [7, 11) is 0. The molecule has 0 aromatic heterocycles. The van der Waals surface area contributed by atoms with Gasteiger partial charge in [0, 0.05) is 59.7 Å². The Hall–Kier alpha value is -3.21. The number of nitrogens with one attached hydrogen (secondary N) is 2. The van der Waals surface area contributed by atoms with Crippen LogP contribution in [-0.4, -0.2) is 79.9 Å². The minimum Gasteiger partial charge on any atom is -0.465 e. The summed E-state index contributed by atoms with van der Waals surface area (Å²) in [6, 6.07) is 13.5. The Morgan fingerprint density at radius 1 is 1.03 bits per heavy atom. The van der Waals surface area contributed by atoms with Crippen molar-refractivity contribution in [2.75, 3.05) is 63.1 Å². The predicted octanol–water partition coefficient (Wildman–Crippen LogP) is 3.14. The number of benzene rings is 2. The van der Waals surface area contributed by atoms with E-state index in [2.05, 4.69) is 41.5 Å². The van der Waals surface area contributed by atoms with Gasteiger partial charge in [0.2, 0.25) is 0 Å². The van der Waals surface area contributed by atoms with Crippen LogP contribution in [0.1, 0.15) is 18.1 Å². The van der Waals surface area contributed by atoms with E-state index in [1.165, 1.54) is 0 Å². The van der Waals surface area contributed by atoms with Crippen LogP contribution < -0.4 is 10.6 Å². The van der Waals surface area contributed by atoms with Gasteiger partial charge >= 0.3 is 5.97 Å². The van der Waals surface area contributed by atoms with E-state index in [9.17, 15) is 9.59 Å². The minimum atomic E-state index is -0.175. The van der Waals surface area contributed by atoms with Crippen LogP contribution in [0.15, 0.2) is 57.8 Å². The summed E-state index contributed by atoms with van der Waals surface area (Å²) in [5.41, 5.74) is 5.16. The second-order valence-corrected chi connectivity index (χ2v) is 9.68. The molecule has 1 amide bonds. The number of fused-ring (bicyclic) bond motifs is 2. The highest BCUT2D eigenvalue weighted by molar-refractivity contribution is 9.10. The van der Waals surface area contributed by atoms with E-state index in [1.54, 1.807) is 0 Å². The highest BCUT2D eigenvalue weighted by atomic mass is 79.9. The lowest BCUT2D eigenvalue weighted by atomic mass is 10.0. The fourth-order valence-corrected chi connectivity index (χ4v) is 4.99. The molecular weight excluding hydrogens is 526 g/mol. The molecule has 5 rings (SSSR count). The normalized spacial score (nSPS) is 20.6. The molecule has 3 aliphatic rings. The second-order valence-electron chi connectivity index (χ2n) is 8.76. The fourth-order valence-electron chi connectivity index (χ4n) is 4.63. The molecule has 2 aromatic rings. The minimum absolute atomic E-state index is 0.174. The molecule has 2 aromatic carbocycles. The van der Waals surface area contributed by atoms with E-state index in [-0.39, 0.29) is 11.9 Å². The first-order valence-corrected chi connectivity index (χ1v) is 12.9. The number of para-hydroxylation sites is 1. The zero-order valence-electron chi connectivity index (χ0n) is 20.1. The molecule has 0 unspecified atom stereocenters. The molecule has 2 N–H and O–H groups in total. The van der Waals surface area contributed by atoms with Crippen molar-refractivity contribution in [3.63, 3.8) is 0 Å². The van der Waals surface area contributed by atoms with E-state index < -0.39 is 0 Å². The van der Waals surface area contributed by atoms with Gasteiger partial charge in [-0.2, -0.15) is 0 Å². The third-order valence-corrected chi connectivity index (χ3v) is 6.93. The molecule has 9 nitrogen and oxygen atoms in total. The Bertz CT molecular complexity index is 1240. The Kier molecular flexibility index (Phi) is 7.35. The molecule has 3 heterocycles. The third-order valence-electron chi connectivity index (χ3n) is 6.43. The summed E-state index contributed by atoms with van der Waals surface area (Å²) >= 11 is 3.51. The van der Waals surface area contributed by atoms with Gasteiger partial charge in [-0.1, -0.05) is 39.3 Å².